The maximum Gasteiger partial charge on any atom is 0.126 e. The van der Waals surface area contributed by atoms with Crippen LogP contribution in [0.2, 0.25) is 0 Å². The molecular weight excluding hydrogens is 236 g/mol. The Morgan fingerprint density at radius 1 is 1.05 bits per heavy atom. The summed E-state index contributed by atoms with van der Waals surface area (Å²) in [5.74, 6) is 1.15. The normalized spacial score (nSPS) is 22.3. The summed E-state index contributed by atoms with van der Waals surface area (Å²) in [6.45, 7) is 13.3. The zero-order valence-electron chi connectivity index (χ0n) is 12.5. The van der Waals surface area contributed by atoms with Crippen LogP contribution in [0.15, 0.2) is 0 Å². The largest absolute Gasteiger partial charge is 0.490 e. The number of hydrogen-bond donors (Lipinski definition) is 1. The van der Waals surface area contributed by atoms with Gasteiger partial charge in [-0.3, -0.25) is 0 Å². The highest BCUT2D eigenvalue weighted by molar-refractivity contribution is 5.69. The molecule has 3 heteroatoms. The molecule has 3 rings (SSSR count). The Labute approximate surface area is 115 Å². The number of fused-ring (bicyclic) bond motifs is 1. The molecule has 0 aliphatic carbocycles. The second-order valence-electron chi connectivity index (χ2n) is 5.90. The molecule has 1 aromatic carbocycles. The average molecular weight is 260 g/mol. The van der Waals surface area contributed by atoms with Crippen LogP contribution in [-0.4, -0.2) is 32.3 Å². The van der Waals surface area contributed by atoms with Crippen LogP contribution in [0.4, 0.5) is 5.69 Å². The second-order valence-corrected chi connectivity index (χ2v) is 5.90. The Kier molecular flexibility index (Phi) is 3.17. The number of ether oxygens (including phenoxy) is 1. The molecule has 2 heterocycles. The van der Waals surface area contributed by atoms with E-state index in [0.29, 0.717) is 6.10 Å². The first-order chi connectivity index (χ1) is 9.09. The Balaban J connectivity index is 2.10. The smallest absolute Gasteiger partial charge is 0.126 e. The first-order valence-electron chi connectivity index (χ1n) is 7.34. The Morgan fingerprint density at radius 2 is 1.74 bits per heavy atom. The molecule has 0 spiro atoms. The summed E-state index contributed by atoms with van der Waals surface area (Å²) < 4.78 is 6.01. The van der Waals surface area contributed by atoms with Crippen LogP contribution >= 0.6 is 0 Å². The van der Waals surface area contributed by atoms with E-state index in [4.69, 9.17) is 4.74 Å². The Morgan fingerprint density at radius 3 is 2.42 bits per heavy atom. The number of hydrogen-bond acceptors (Lipinski definition) is 3. The van der Waals surface area contributed by atoms with Crippen LogP contribution in [-0.2, 0) is 6.42 Å². The number of anilines is 1. The third-order valence-electron chi connectivity index (χ3n) is 4.58. The first-order valence-corrected chi connectivity index (χ1v) is 7.34. The van der Waals surface area contributed by atoms with Gasteiger partial charge in [0.05, 0.1) is 0 Å². The maximum atomic E-state index is 6.01. The lowest BCUT2D eigenvalue weighted by molar-refractivity contribution is 0.253. The van der Waals surface area contributed by atoms with E-state index >= 15 is 0 Å². The van der Waals surface area contributed by atoms with Gasteiger partial charge in [0.2, 0.25) is 0 Å². The summed E-state index contributed by atoms with van der Waals surface area (Å²) in [5.41, 5.74) is 7.05. The summed E-state index contributed by atoms with van der Waals surface area (Å²) in [6.07, 6.45) is 1.38. The lowest BCUT2D eigenvalue weighted by Gasteiger charge is -2.33. The average Bonchev–Trinajstić information content (AvgIpc) is 2.80. The van der Waals surface area contributed by atoms with Crippen molar-refractivity contribution in [2.75, 3.05) is 31.1 Å². The number of benzene rings is 1. The minimum Gasteiger partial charge on any atom is -0.490 e. The summed E-state index contributed by atoms with van der Waals surface area (Å²) in [4.78, 5) is 2.54. The van der Waals surface area contributed by atoms with Crippen molar-refractivity contribution in [2.24, 2.45) is 0 Å². The molecule has 1 atom stereocenters. The predicted octanol–water partition coefficient (Wildman–Crippen LogP) is 2.34. The molecule has 0 saturated carbocycles. The van der Waals surface area contributed by atoms with E-state index in [0.717, 1.165) is 38.3 Å². The molecule has 0 amide bonds. The summed E-state index contributed by atoms with van der Waals surface area (Å²) in [7, 11) is 0. The third-order valence-corrected chi connectivity index (χ3v) is 4.58. The molecule has 3 nitrogen and oxygen atoms in total. The quantitative estimate of drug-likeness (QED) is 0.839. The molecule has 104 valence electrons. The van der Waals surface area contributed by atoms with Gasteiger partial charge in [0, 0.05) is 43.9 Å². The maximum absolute atomic E-state index is 6.01. The molecule has 0 radical (unpaired) electrons. The van der Waals surface area contributed by atoms with Crippen molar-refractivity contribution >= 4 is 5.69 Å². The zero-order valence-corrected chi connectivity index (χ0v) is 12.5. The fourth-order valence-corrected chi connectivity index (χ4v) is 3.47. The lowest BCUT2D eigenvalue weighted by Crippen LogP contribution is -2.44. The molecule has 1 aromatic rings. The van der Waals surface area contributed by atoms with Gasteiger partial charge in [0.25, 0.3) is 0 Å². The summed E-state index contributed by atoms with van der Waals surface area (Å²) >= 11 is 0. The van der Waals surface area contributed by atoms with Gasteiger partial charge in [-0.05, 0) is 44.4 Å². The van der Waals surface area contributed by atoms with Crippen LogP contribution in [0.25, 0.3) is 0 Å². The van der Waals surface area contributed by atoms with E-state index in [9.17, 15) is 0 Å². The van der Waals surface area contributed by atoms with Crippen LogP contribution < -0.4 is 15.0 Å². The highest BCUT2D eigenvalue weighted by Crippen LogP contribution is 2.42. The third kappa shape index (κ3) is 2.00. The lowest BCUT2D eigenvalue weighted by atomic mass is 9.94. The van der Waals surface area contributed by atoms with Crippen LogP contribution in [0.3, 0.4) is 0 Å². The van der Waals surface area contributed by atoms with Crippen molar-refractivity contribution in [2.45, 2.75) is 40.2 Å². The van der Waals surface area contributed by atoms with E-state index in [1.807, 2.05) is 0 Å². The van der Waals surface area contributed by atoms with Gasteiger partial charge in [-0.1, -0.05) is 0 Å². The van der Waals surface area contributed by atoms with Gasteiger partial charge in [0.1, 0.15) is 11.9 Å². The highest BCUT2D eigenvalue weighted by atomic mass is 16.5. The number of nitrogens with one attached hydrogen (secondary N) is 1. The molecular formula is C16H24N2O. The van der Waals surface area contributed by atoms with Crippen molar-refractivity contribution in [3.8, 4) is 5.75 Å². The fourth-order valence-electron chi connectivity index (χ4n) is 3.47. The van der Waals surface area contributed by atoms with E-state index in [1.54, 1.807) is 0 Å². The van der Waals surface area contributed by atoms with E-state index in [-0.39, 0.29) is 0 Å². The molecule has 2 aliphatic heterocycles. The van der Waals surface area contributed by atoms with Crippen molar-refractivity contribution in [1.82, 2.24) is 5.32 Å². The van der Waals surface area contributed by atoms with Crippen molar-refractivity contribution in [3.05, 3.63) is 22.3 Å². The van der Waals surface area contributed by atoms with Crippen LogP contribution in [0, 0.1) is 20.8 Å². The molecule has 0 bridgehead atoms. The standard InChI is InChI=1S/C16H24N2O/c1-10-9-14-13(4)15(18-7-5-17-6-8-18)11(2)12(3)16(14)19-10/h10,17H,5-9H2,1-4H3. The van der Waals surface area contributed by atoms with Gasteiger partial charge in [-0.25, -0.2) is 0 Å². The van der Waals surface area contributed by atoms with Crippen LogP contribution in [0.5, 0.6) is 5.75 Å². The SMILES string of the molecule is Cc1c(C)c(N2CCNCC2)c(C)c2c1OC(C)C2. The van der Waals surface area contributed by atoms with Crippen molar-refractivity contribution < 1.29 is 4.74 Å². The Bertz CT molecular complexity index is 504. The molecule has 19 heavy (non-hydrogen) atoms. The molecule has 1 fully saturated rings. The van der Waals surface area contributed by atoms with Crippen molar-refractivity contribution in [1.29, 1.82) is 0 Å². The molecule has 1 unspecified atom stereocenters. The van der Waals surface area contributed by atoms with E-state index < -0.39 is 0 Å². The van der Waals surface area contributed by atoms with E-state index in [1.165, 1.54) is 27.9 Å². The molecule has 1 N–H and O–H groups in total. The Hall–Kier alpha value is -1.22. The van der Waals surface area contributed by atoms with E-state index in [2.05, 4.69) is 37.9 Å². The minimum atomic E-state index is 0.324. The van der Waals surface area contributed by atoms with Crippen LogP contribution in [0.1, 0.15) is 29.2 Å². The van der Waals surface area contributed by atoms with Gasteiger partial charge >= 0.3 is 0 Å². The first kappa shape index (κ1) is 12.8. The highest BCUT2D eigenvalue weighted by Gasteiger charge is 2.28. The van der Waals surface area contributed by atoms with Gasteiger partial charge in [-0.15, -0.1) is 0 Å². The van der Waals surface area contributed by atoms with Gasteiger partial charge in [-0.2, -0.15) is 0 Å². The minimum absolute atomic E-state index is 0.324. The topological polar surface area (TPSA) is 24.5 Å². The van der Waals surface area contributed by atoms with Crippen molar-refractivity contribution in [3.63, 3.8) is 0 Å². The van der Waals surface area contributed by atoms with Gasteiger partial charge < -0.3 is 15.0 Å². The second kappa shape index (κ2) is 4.71. The molecule has 0 aromatic heterocycles. The summed E-state index contributed by atoms with van der Waals surface area (Å²) in [6, 6.07) is 0. The van der Waals surface area contributed by atoms with Gasteiger partial charge in [0.15, 0.2) is 0 Å². The monoisotopic (exact) mass is 260 g/mol. The number of rotatable bonds is 1. The molecule has 1 saturated heterocycles. The molecule has 2 aliphatic rings. The predicted molar refractivity (Wildman–Crippen MR) is 79.5 cm³/mol. The summed E-state index contributed by atoms with van der Waals surface area (Å²) in [5, 5.41) is 3.43. The number of piperazine rings is 1. The number of nitrogens with zero attached hydrogens (tertiary/aromatic N) is 1. The zero-order chi connectivity index (χ0) is 13.6. The fraction of sp³-hybridized carbons (Fsp3) is 0.625.